The first kappa shape index (κ1) is 13.2. The first-order valence-corrected chi connectivity index (χ1v) is 6.76. The van der Waals surface area contributed by atoms with Gasteiger partial charge in [0.05, 0.1) is 7.11 Å². The molecule has 0 radical (unpaired) electrons. The van der Waals surface area contributed by atoms with E-state index in [0.29, 0.717) is 0 Å². The molecular formula is C16H23NO. The van der Waals surface area contributed by atoms with E-state index in [2.05, 4.69) is 43.4 Å². The van der Waals surface area contributed by atoms with Gasteiger partial charge in [-0.15, -0.1) is 0 Å². The third-order valence-electron chi connectivity index (χ3n) is 3.32. The molecule has 98 valence electrons. The van der Waals surface area contributed by atoms with Crippen LogP contribution in [0, 0.1) is 13.8 Å². The van der Waals surface area contributed by atoms with E-state index >= 15 is 0 Å². The molecule has 0 amide bonds. The molecule has 0 aliphatic heterocycles. The summed E-state index contributed by atoms with van der Waals surface area (Å²) in [6.45, 7) is 5.31. The Hall–Kier alpha value is -1.28. The van der Waals surface area contributed by atoms with Crippen LogP contribution in [0.25, 0.3) is 6.08 Å². The van der Waals surface area contributed by atoms with Crippen LogP contribution in [0.2, 0.25) is 0 Å². The van der Waals surface area contributed by atoms with E-state index < -0.39 is 0 Å². The fourth-order valence-corrected chi connectivity index (χ4v) is 2.18. The van der Waals surface area contributed by atoms with Crippen LogP contribution in [-0.4, -0.2) is 19.7 Å². The summed E-state index contributed by atoms with van der Waals surface area (Å²) in [5, 5.41) is 3.51. The zero-order valence-electron chi connectivity index (χ0n) is 11.6. The zero-order valence-corrected chi connectivity index (χ0v) is 11.6. The predicted octanol–water partition coefficient (Wildman–Crippen LogP) is 3.47. The summed E-state index contributed by atoms with van der Waals surface area (Å²) in [4.78, 5) is 0. The fourth-order valence-electron chi connectivity index (χ4n) is 2.18. The van der Waals surface area contributed by atoms with Crippen LogP contribution in [0.5, 0.6) is 5.75 Å². The van der Waals surface area contributed by atoms with Crippen molar-refractivity contribution in [3.05, 3.63) is 34.9 Å². The minimum Gasteiger partial charge on any atom is -0.496 e. The number of hydrogen-bond acceptors (Lipinski definition) is 2. The molecule has 0 aromatic heterocycles. The summed E-state index contributed by atoms with van der Waals surface area (Å²) < 4.78 is 5.45. The monoisotopic (exact) mass is 245 g/mol. The molecule has 0 saturated heterocycles. The van der Waals surface area contributed by atoms with Crippen molar-refractivity contribution in [2.45, 2.75) is 39.2 Å². The molecular weight excluding hydrogens is 222 g/mol. The Balaban J connectivity index is 1.95. The molecule has 0 atom stereocenters. The van der Waals surface area contributed by atoms with Gasteiger partial charge in [-0.2, -0.15) is 0 Å². The van der Waals surface area contributed by atoms with E-state index in [4.69, 9.17) is 4.74 Å². The van der Waals surface area contributed by atoms with Crippen molar-refractivity contribution in [3.63, 3.8) is 0 Å². The Bertz CT molecular complexity index is 433. The van der Waals surface area contributed by atoms with Crippen molar-refractivity contribution >= 4 is 6.08 Å². The summed E-state index contributed by atoms with van der Waals surface area (Å²) >= 11 is 0. The zero-order chi connectivity index (χ0) is 13.0. The maximum absolute atomic E-state index is 5.45. The lowest BCUT2D eigenvalue weighted by Crippen LogP contribution is -2.16. The average molecular weight is 245 g/mol. The second kappa shape index (κ2) is 6.05. The first-order chi connectivity index (χ1) is 8.70. The van der Waals surface area contributed by atoms with Gasteiger partial charge in [0.1, 0.15) is 5.75 Å². The lowest BCUT2D eigenvalue weighted by atomic mass is 10.0. The smallest absolute Gasteiger partial charge is 0.126 e. The molecule has 1 aromatic rings. The third-order valence-corrected chi connectivity index (χ3v) is 3.32. The van der Waals surface area contributed by atoms with Gasteiger partial charge in [-0.1, -0.05) is 18.2 Å². The van der Waals surface area contributed by atoms with Gasteiger partial charge in [-0.05, 0) is 56.8 Å². The molecule has 2 heteroatoms. The lowest BCUT2D eigenvalue weighted by molar-refractivity contribution is 0.413. The summed E-state index contributed by atoms with van der Waals surface area (Å²) in [5.74, 6) is 0.971. The highest BCUT2D eigenvalue weighted by Gasteiger charge is 2.19. The minimum absolute atomic E-state index is 0.800. The number of rotatable bonds is 6. The minimum atomic E-state index is 0.800. The number of hydrogen-bond donors (Lipinski definition) is 1. The van der Waals surface area contributed by atoms with Gasteiger partial charge in [0.15, 0.2) is 0 Å². The molecule has 0 heterocycles. The molecule has 1 aliphatic carbocycles. The maximum Gasteiger partial charge on any atom is 0.126 e. The van der Waals surface area contributed by atoms with Crippen LogP contribution in [0.3, 0.4) is 0 Å². The largest absolute Gasteiger partial charge is 0.496 e. The van der Waals surface area contributed by atoms with Gasteiger partial charge in [0, 0.05) is 11.6 Å². The van der Waals surface area contributed by atoms with Crippen molar-refractivity contribution in [2.24, 2.45) is 0 Å². The Morgan fingerprint density at radius 2 is 2.11 bits per heavy atom. The van der Waals surface area contributed by atoms with Crippen LogP contribution in [-0.2, 0) is 0 Å². The van der Waals surface area contributed by atoms with E-state index in [-0.39, 0.29) is 0 Å². The van der Waals surface area contributed by atoms with Crippen molar-refractivity contribution in [1.29, 1.82) is 0 Å². The second-order valence-corrected chi connectivity index (χ2v) is 5.12. The van der Waals surface area contributed by atoms with E-state index in [1.807, 2.05) is 0 Å². The van der Waals surface area contributed by atoms with Crippen molar-refractivity contribution in [1.82, 2.24) is 5.32 Å². The summed E-state index contributed by atoms with van der Waals surface area (Å²) in [6.07, 6.45) is 8.20. The lowest BCUT2D eigenvalue weighted by Gasteiger charge is -2.09. The molecule has 18 heavy (non-hydrogen) atoms. The summed E-state index contributed by atoms with van der Waals surface area (Å²) in [7, 11) is 1.74. The topological polar surface area (TPSA) is 21.3 Å². The average Bonchev–Trinajstić information content (AvgIpc) is 3.14. The van der Waals surface area contributed by atoms with Gasteiger partial charge >= 0.3 is 0 Å². The standard InChI is InChI=1S/C16H23NO/c1-12-10-13(2)15(16(11-12)18-3)6-4-5-9-17-14-7-8-14/h4,6,10-11,14,17H,5,7-9H2,1-3H3/b6-4+. The van der Waals surface area contributed by atoms with Crippen LogP contribution in [0.15, 0.2) is 18.2 Å². The molecule has 2 nitrogen and oxygen atoms in total. The van der Waals surface area contributed by atoms with Crippen LogP contribution in [0.4, 0.5) is 0 Å². The third kappa shape index (κ3) is 3.61. The van der Waals surface area contributed by atoms with Gasteiger partial charge in [0.2, 0.25) is 0 Å². The Morgan fingerprint density at radius 1 is 1.33 bits per heavy atom. The van der Waals surface area contributed by atoms with Crippen molar-refractivity contribution < 1.29 is 4.74 Å². The van der Waals surface area contributed by atoms with Crippen LogP contribution < -0.4 is 10.1 Å². The number of methoxy groups -OCH3 is 1. The van der Waals surface area contributed by atoms with Gasteiger partial charge in [-0.3, -0.25) is 0 Å². The highest BCUT2D eigenvalue weighted by atomic mass is 16.5. The molecule has 1 saturated carbocycles. The van der Waals surface area contributed by atoms with E-state index in [9.17, 15) is 0 Å². The van der Waals surface area contributed by atoms with Crippen LogP contribution in [0.1, 0.15) is 36.0 Å². The number of benzene rings is 1. The van der Waals surface area contributed by atoms with E-state index in [0.717, 1.165) is 24.8 Å². The highest BCUT2D eigenvalue weighted by Crippen LogP contribution is 2.25. The molecule has 1 fully saturated rings. The molecule has 2 rings (SSSR count). The molecule has 0 spiro atoms. The van der Waals surface area contributed by atoms with Gasteiger partial charge < -0.3 is 10.1 Å². The van der Waals surface area contributed by atoms with E-state index in [1.165, 1.54) is 29.5 Å². The van der Waals surface area contributed by atoms with Gasteiger partial charge in [0.25, 0.3) is 0 Å². The summed E-state index contributed by atoms with van der Waals surface area (Å²) in [6, 6.07) is 5.09. The predicted molar refractivity (Wildman–Crippen MR) is 77.1 cm³/mol. The van der Waals surface area contributed by atoms with Crippen molar-refractivity contribution in [3.8, 4) is 5.75 Å². The molecule has 1 N–H and O–H groups in total. The Kier molecular flexibility index (Phi) is 4.43. The normalized spacial score (nSPS) is 15.3. The SMILES string of the molecule is COc1cc(C)cc(C)c1/C=C/CCNC1CC1. The van der Waals surface area contributed by atoms with E-state index in [1.54, 1.807) is 7.11 Å². The highest BCUT2D eigenvalue weighted by molar-refractivity contribution is 5.62. The molecule has 1 aromatic carbocycles. The number of ether oxygens (including phenoxy) is 1. The Morgan fingerprint density at radius 3 is 2.78 bits per heavy atom. The Labute approximate surface area is 110 Å². The molecule has 1 aliphatic rings. The van der Waals surface area contributed by atoms with Crippen molar-refractivity contribution in [2.75, 3.05) is 13.7 Å². The first-order valence-electron chi connectivity index (χ1n) is 6.76. The maximum atomic E-state index is 5.45. The number of aryl methyl sites for hydroxylation is 2. The fraction of sp³-hybridized carbons (Fsp3) is 0.500. The summed E-state index contributed by atoms with van der Waals surface area (Å²) in [5.41, 5.74) is 3.73. The number of nitrogens with one attached hydrogen (secondary N) is 1. The van der Waals surface area contributed by atoms with Crippen LogP contribution >= 0.6 is 0 Å². The molecule has 0 unspecified atom stereocenters. The second-order valence-electron chi connectivity index (χ2n) is 5.12. The quantitative estimate of drug-likeness (QED) is 0.775. The van der Waals surface area contributed by atoms with Gasteiger partial charge in [-0.25, -0.2) is 0 Å². The molecule has 0 bridgehead atoms.